The second kappa shape index (κ2) is 2.48. The Morgan fingerprint density at radius 1 is 1.33 bits per heavy atom. The third kappa shape index (κ3) is 8.27. The first-order valence-corrected chi connectivity index (χ1v) is 7.93. The van der Waals surface area contributed by atoms with Gasteiger partial charge in [0.1, 0.15) is 0 Å². The molecule has 0 bridgehead atoms. The fraction of sp³-hybridized carbons (Fsp3) is 1.00. The van der Waals surface area contributed by atoms with Crippen LogP contribution in [0.3, 0.4) is 0 Å². The molecule has 0 fully saturated rings. The molecule has 0 atom stereocenters. The molecular weight excluding hydrogens is 180 g/mol. The molecule has 0 amide bonds. The van der Waals surface area contributed by atoms with Crippen molar-refractivity contribution in [3.05, 3.63) is 0 Å². The molecule has 0 aromatic rings. The van der Waals surface area contributed by atoms with Gasteiger partial charge in [-0.05, 0) is 0 Å². The van der Waals surface area contributed by atoms with Crippen molar-refractivity contribution in [2.24, 2.45) is 0 Å². The van der Waals surface area contributed by atoms with Gasteiger partial charge in [-0.3, -0.25) is 0 Å². The molecule has 0 saturated carbocycles. The maximum absolute atomic E-state index is 10.1. The summed E-state index contributed by atoms with van der Waals surface area (Å²) in [4.78, 5) is 0. The van der Waals surface area contributed by atoms with Crippen LogP contribution in [0.2, 0.25) is 19.6 Å². The van der Waals surface area contributed by atoms with Crippen LogP contribution in [0.25, 0.3) is 0 Å². The molecule has 0 radical (unpaired) electrons. The van der Waals surface area contributed by atoms with Crippen LogP contribution in [0, 0.1) is 0 Å². The normalized spacial score (nSPS) is 13.8. The van der Waals surface area contributed by atoms with Crippen LogP contribution in [0.15, 0.2) is 0 Å². The molecule has 0 saturated heterocycles. The summed E-state index contributed by atoms with van der Waals surface area (Å²) in [5.41, 5.74) is 0. The van der Waals surface area contributed by atoms with E-state index in [9.17, 15) is 7.61 Å². The quantitative estimate of drug-likeness (QED) is 0.644. The molecule has 0 rings (SSSR count). The van der Waals surface area contributed by atoms with Gasteiger partial charge in [0.15, 0.2) is 0 Å². The summed E-state index contributed by atoms with van der Waals surface area (Å²) < 4.78 is 32.8. The summed E-state index contributed by atoms with van der Waals surface area (Å²) in [7, 11) is -2.10. The van der Waals surface area contributed by atoms with E-state index in [1.807, 2.05) is 0 Å². The molecule has 6 heteroatoms. The monoisotopic (exact) mass is 190 g/mol. The fourth-order valence-electron chi connectivity index (χ4n) is 0.316. The third-order valence-electron chi connectivity index (χ3n) is 0.355. The van der Waals surface area contributed by atoms with Gasteiger partial charge in [0, 0.05) is 0 Å². The van der Waals surface area contributed by atoms with Gasteiger partial charge in [-0.2, -0.15) is 0 Å². The Morgan fingerprint density at radius 3 is 1.67 bits per heavy atom. The van der Waals surface area contributed by atoms with E-state index in [2.05, 4.69) is 3.48 Å². The summed E-state index contributed by atoms with van der Waals surface area (Å²) in [5, 5.41) is 0. The summed E-state index contributed by atoms with van der Waals surface area (Å²) in [6.45, 7) is 5.06. The summed E-state index contributed by atoms with van der Waals surface area (Å²) >= 11 is -4.89. The van der Waals surface area contributed by atoms with Crippen molar-refractivity contribution in [3.8, 4) is 0 Å². The predicted molar refractivity (Wildman–Crippen MR) is 28.0 cm³/mol. The van der Waals surface area contributed by atoms with E-state index in [0.717, 1.165) is 0 Å². The van der Waals surface area contributed by atoms with Crippen molar-refractivity contribution in [1.82, 2.24) is 0 Å². The van der Waals surface area contributed by atoms with E-state index >= 15 is 0 Å². The Morgan fingerprint density at radius 2 is 1.67 bits per heavy atom. The van der Waals surface area contributed by atoms with Crippen LogP contribution in [0.1, 0.15) is 0 Å². The van der Waals surface area contributed by atoms with Gasteiger partial charge < -0.3 is 0 Å². The van der Waals surface area contributed by atoms with Gasteiger partial charge in [-0.1, -0.05) is 0 Å². The van der Waals surface area contributed by atoms with E-state index in [1.165, 1.54) is 0 Å². The van der Waals surface area contributed by atoms with Gasteiger partial charge in [0.25, 0.3) is 0 Å². The molecule has 0 aliphatic heterocycles. The zero-order valence-electron chi connectivity index (χ0n) is 5.58. The molecule has 56 valence electrons. The third-order valence-corrected chi connectivity index (χ3v) is 4.39. The van der Waals surface area contributed by atoms with E-state index in [1.54, 1.807) is 19.6 Å². The van der Waals surface area contributed by atoms with Crippen molar-refractivity contribution in [1.29, 1.82) is 0 Å². The van der Waals surface area contributed by atoms with E-state index < -0.39 is 21.9 Å². The molecule has 9 heavy (non-hydrogen) atoms. The predicted octanol–water partition coefficient (Wildman–Crippen LogP) is 0.505. The Hall–Kier alpha value is 0.269. The minimum absolute atomic E-state index is 1.69. The zero-order valence-corrected chi connectivity index (χ0v) is 7.86. The Kier molecular flexibility index (Phi) is 2.56. The first-order chi connectivity index (χ1) is 3.71. The molecule has 0 aromatic heterocycles. The number of hydrogen-bond acceptors (Lipinski definition) is 3. The first-order valence-electron chi connectivity index (χ1n) is 2.39. The molecule has 0 heterocycles. The van der Waals surface area contributed by atoms with Crippen LogP contribution in [0.4, 0.5) is 0 Å². The van der Waals surface area contributed by atoms with Gasteiger partial charge in [-0.15, -0.1) is 0 Å². The zero-order chi connectivity index (χ0) is 7.71. The van der Waals surface area contributed by atoms with Gasteiger partial charge in [-0.25, -0.2) is 0 Å². The average Bonchev–Trinajstić information content (AvgIpc) is 1.14. The summed E-state index contributed by atoms with van der Waals surface area (Å²) in [6.07, 6.45) is 0. The number of rotatable bonds is 2. The van der Waals surface area contributed by atoms with Crippen LogP contribution in [-0.4, -0.2) is 12.5 Å². The molecule has 0 aliphatic carbocycles. The Balaban J connectivity index is 4.07. The SMILES string of the molecule is C[Si](C)(C)[O][Cr](=[O])(=[O])[OH]. The first kappa shape index (κ1) is 9.27. The molecule has 4 nitrogen and oxygen atoms in total. The van der Waals surface area contributed by atoms with Crippen LogP contribution < -0.4 is 0 Å². The molecule has 0 unspecified atom stereocenters. The fourth-order valence-corrected chi connectivity index (χ4v) is 3.91. The van der Waals surface area contributed by atoms with E-state index in [0.29, 0.717) is 0 Å². The van der Waals surface area contributed by atoms with Crippen molar-refractivity contribution in [2.45, 2.75) is 19.6 Å². The summed E-state index contributed by atoms with van der Waals surface area (Å²) in [5.74, 6) is 0. The number of hydrogen-bond donors (Lipinski definition) is 1. The molecule has 1 N–H and O–H groups in total. The van der Waals surface area contributed by atoms with Crippen molar-refractivity contribution >= 4 is 8.32 Å². The van der Waals surface area contributed by atoms with Crippen LogP contribution in [-0.2, 0) is 24.7 Å². The minimum atomic E-state index is -4.89. The topological polar surface area (TPSA) is 63.6 Å². The average molecular weight is 190 g/mol. The summed E-state index contributed by atoms with van der Waals surface area (Å²) in [6, 6.07) is 0. The van der Waals surface area contributed by atoms with E-state index in [-0.39, 0.29) is 0 Å². The van der Waals surface area contributed by atoms with Crippen LogP contribution >= 0.6 is 0 Å². The van der Waals surface area contributed by atoms with Gasteiger partial charge >= 0.3 is 56.8 Å². The molecular formula is C3H10CrO4Si. The van der Waals surface area contributed by atoms with Gasteiger partial charge in [0.05, 0.1) is 0 Å². The second-order valence-corrected chi connectivity index (χ2v) is 9.13. The standard InChI is InChI=1S/C3H9OSi.Cr.H2O.2O/c1-5(2,3)4;;;;/h1-3H3;;1H2;;/q-1;+2;;;/p-1. The molecule has 0 spiro atoms. The Bertz CT molecular complexity index is 176. The van der Waals surface area contributed by atoms with E-state index in [4.69, 9.17) is 4.16 Å². The van der Waals surface area contributed by atoms with Crippen LogP contribution in [0.5, 0.6) is 0 Å². The van der Waals surface area contributed by atoms with Crippen molar-refractivity contribution < 1.29 is 28.9 Å². The molecule has 0 aliphatic rings. The van der Waals surface area contributed by atoms with Gasteiger partial charge in [0.2, 0.25) is 0 Å². The van der Waals surface area contributed by atoms with Crippen molar-refractivity contribution in [3.63, 3.8) is 0 Å². The maximum atomic E-state index is 10.1. The second-order valence-electron chi connectivity index (χ2n) is 2.62. The van der Waals surface area contributed by atoms with Crippen molar-refractivity contribution in [2.75, 3.05) is 0 Å². The Labute approximate surface area is 57.4 Å². The molecule has 0 aromatic carbocycles.